The van der Waals surface area contributed by atoms with Crippen molar-refractivity contribution in [3.8, 4) is 0 Å². The summed E-state index contributed by atoms with van der Waals surface area (Å²) in [4.78, 5) is 16.9. The van der Waals surface area contributed by atoms with Gasteiger partial charge in [-0.1, -0.05) is 0 Å². The van der Waals surface area contributed by atoms with Crippen LogP contribution in [0.5, 0.6) is 0 Å². The van der Waals surface area contributed by atoms with E-state index in [-0.39, 0.29) is 18.8 Å². The monoisotopic (exact) mass is 223 g/mol. The number of nitrogens with one attached hydrogen (secondary N) is 1. The van der Waals surface area contributed by atoms with Crippen LogP contribution in [0, 0.1) is 0 Å². The van der Waals surface area contributed by atoms with E-state index in [1.807, 2.05) is 0 Å². The van der Waals surface area contributed by atoms with E-state index in [2.05, 4.69) is 22.6 Å². The summed E-state index contributed by atoms with van der Waals surface area (Å²) < 4.78 is 0. The molecule has 0 radical (unpaired) electrons. The molecule has 4 N–H and O–H groups in total. The number of rotatable bonds is 3. The van der Waals surface area contributed by atoms with Gasteiger partial charge in [-0.15, -0.1) is 25.0 Å². The Kier molecular flexibility index (Phi) is 4.82. The molecule has 1 atom stereocenters. The fourth-order valence-corrected chi connectivity index (χ4v) is 0.985. The van der Waals surface area contributed by atoms with Gasteiger partial charge in [-0.05, 0) is 0 Å². The van der Waals surface area contributed by atoms with Crippen molar-refractivity contribution in [1.82, 2.24) is 9.97 Å². The van der Waals surface area contributed by atoms with Crippen LogP contribution >= 0.6 is 25.0 Å². The fourth-order valence-electron chi connectivity index (χ4n) is 0.771. The van der Waals surface area contributed by atoms with Gasteiger partial charge in [0.2, 0.25) is 0 Å². The zero-order chi connectivity index (χ0) is 9.14. The molecule has 74 valence electrons. The summed E-state index contributed by atoms with van der Waals surface area (Å²) in [7, 11) is 0. The molecule has 0 aliphatic heterocycles. The Morgan fingerprint density at radius 3 is 2.85 bits per heavy atom. The van der Waals surface area contributed by atoms with Crippen LogP contribution in [0.2, 0.25) is 0 Å². The Morgan fingerprint density at radius 2 is 2.46 bits per heavy atom. The summed E-state index contributed by atoms with van der Waals surface area (Å²) in [5, 5.41) is 8.98. The smallest absolute Gasteiger partial charge is 0.320 e. The van der Waals surface area contributed by atoms with E-state index in [9.17, 15) is 4.79 Å². The van der Waals surface area contributed by atoms with Crippen molar-refractivity contribution in [2.45, 2.75) is 17.5 Å². The van der Waals surface area contributed by atoms with Crippen LogP contribution in [0.15, 0.2) is 11.4 Å². The minimum absolute atomic E-state index is 0. The number of hydrogen-bond donors (Lipinski definition) is 4. The third-order valence-corrected chi connectivity index (χ3v) is 1.82. The maximum atomic E-state index is 10.4. The number of carbonyl (C=O) groups is 1. The molecule has 0 saturated heterocycles. The Morgan fingerprint density at radius 1 is 1.85 bits per heavy atom. The van der Waals surface area contributed by atoms with Gasteiger partial charge in [0.25, 0.3) is 0 Å². The molecule has 1 aromatic heterocycles. The summed E-state index contributed by atoms with van der Waals surface area (Å²) in [5.41, 5.74) is 5.94. The third-order valence-electron chi connectivity index (χ3n) is 1.44. The van der Waals surface area contributed by atoms with Crippen LogP contribution in [0.3, 0.4) is 0 Å². The summed E-state index contributed by atoms with van der Waals surface area (Å²) in [6, 6.07) is -0.906. The number of aliphatic carboxylic acids is 1. The molecule has 0 spiro atoms. The molecular weight excluding hydrogens is 214 g/mol. The molecule has 5 nitrogen and oxygen atoms in total. The molecule has 13 heavy (non-hydrogen) atoms. The molecule has 1 aromatic rings. The van der Waals surface area contributed by atoms with E-state index >= 15 is 0 Å². The van der Waals surface area contributed by atoms with E-state index in [1.165, 1.54) is 6.33 Å². The number of aromatic nitrogens is 2. The largest absolute Gasteiger partial charge is 0.480 e. The molecular formula is C6H10ClN3O2S. The summed E-state index contributed by atoms with van der Waals surface area (Å²) in [5.74, 6) is -1.03. The predicted molar refractivity (Wildman–Crippen MR) is 52.4 cm³/mol. The molecule has 0 fully saturated rings. The van der Waals surface area contributed by atoms with Crippen molar-refractivity contribution in [3.05, 3.63) is 12.0 Å². The number of nitrogens with zero attached hydrogens (tertiary/aromatic N) is 1. The second-order valence-electron chi connectivity index (χ2n) is 2.35. The quantitative estimate of drug-likeness (QED) is 0.546. The Balaban J connectivity index is 0.00000144. The van der Waals surface area contributed by atoms with Gasteiger partial charge in [-0.25, -0.2) is 4.98 Å². The maximum absolute atomic E-state index is 10.4. The average molecular weight is 224 g/mol. The number of halogens is 1. The van der Waals surface area contributed by atoms with Crippen LogP contribution in [0.25, 0.3) is 0 Å². The first-order chi connectivity index (χ1) is 5.61. The van der Waals surface area contributed by atoms with Crippen molar-refractivity contribution in [1.29, 1.82) is 0 Å². The van der Waals surface area contributed by atoms with Gasteiger partial charge in [0.15, 0.2) is 0 Å². The lowest BCUT2D eigenvalue weighted by molar-refractivity contribution is -0.138. The van der Waals surface area contributed by atoms with Crippen LogP contribution in [0.1, 0.15) is 5.69 Å². The summed E-state index contributed by atoms with van der Waals surface area (Å²) in [6.07, 6.45) is 1.67. The van der Waals surface area contributed by atoms with E-state index in [0.29, 0.717) is 10.7 Å². The highest BCUT2D eigenvalue weighted by atomic mass is 35.5. The van der Waals surface area contributed by atoms with Crippen molar-refractivity contribution in [2.24, 2.45) is 5.73 Å². The van der Waals surface area contributed by atoms with Crippen LogP contribution in [-0.2, 0) is 11.2 Å². The highest BCUT2D eigenvalue weighted by molar-refractivity contribution is 7.80. The van der Waals surface area contributed by atoms with Gasteiger partial charge in [-0.2, -0.15) is 0 Å². The second kappa shape index (κ2) is 5.11. The van der Waals surface area contributed by atoms with Gasteiger partial charge in [0.1, 0.15) is 11.1 Å². The summed E-state index contributed by atoms with van der Waals surface area (Å²) in [6.45, 7) is 0. The highest BCUT2D eigenvalue weighted by Gasteiger charge is 2.14. The second-order valence-corrected chi connectivity index (χ2v) is 2.78. The molecule has 1 heterocycles. The molecule has 0 unspecified atom stereocenters. The molecule has 0 aromatic carbocycles. The third kappa shape index (κ3) is 3.25. The first-order valence-electron chi connectivity index (χ1n) is 3.31. The fraction of sp³-hybridized carbons (Fsp3) is 0.333. The number of aromatic amines is 1. The molecule has 0 saturated carbocycles. The van der Waals surface area contributed by atoms with Crippen molar-refractivity contribution < 1.29 is 9.90 Å². The standard InChI is InChI=1S/C6H9N3O2S.ClH/c7-3(6(10)11)1-4-5(12)9-2-8-4;/h2-3,12H,1,7H2,(H,8,9)(H,10,11);1H/t3-;/m0./s1. The zero-order valence-electron chi connectivity index (χ0n) is 6.60. The van der Waals surface area contributed by atoms with E-state index < -0.39 is 12.0 Å². The van der Waals surface area contributed by atoms with Gasteiger partial charge in [0.05, 0.1) is 12.0 Å². The van der Waals surface area contributed by atoms with E-state index in [4.69, 9.17) is 10.8 Å². The molecule has 0 amide bonds. The van der Waals surface area contributed by atoms with Crippen LogP contribution < -0.4 is 5.73 Å². The van der Waals surface area contributed by atoms with Crippen molar-refractivity contribution in [3.63, 3.8) is 0 Å². The Hall–Kier alpha value is -0.720. The average Bonchev–Trinajstić information content (AvgIpc) is 2.36. The normalized spacial score (nSPS) is 11.8. The number of thiol groups is 1. The number of hydrogen-bond acceptors (Lipinski definition) is 4. The lowest BCUT2D eigenvalue weighted by atomic mass is 10.2. The molecule has 1 rings (SSSR count). The molecule has 0 aliphatic carbocycles. The van der Waals surface area contributed by atoms with Gasteiger partial charge in [0, 0.05) is 6.42 Å². The van der Waals surface area contributed by atoms with Crippen molar-refractivity contribution >= 4 is 31.0 Å². The number of nitrogens with two attached hydrogens (primary N) is 1. The highest BCUT2D eigenvalue weighted by Crippen LogP contribution is 2.08. The number of H-pyrrole nitrogens is 1. The molecule has 7 heteroatoms. The van der Waals surface area contributed by atoms with Gasteiger partial charge >= 0.3 is 5.97 Å². The SMILES string of the molecule is Cl.N[C@@H](Cc1[nH]cnc1S)C(=O)O. The lowest BCUT2D eigenvalue weighted by Gasteiger charge is -2.03. The Bertz CT molecular complexity index is 291. The number of carboxylic acids is 1. The topological polar surface area (TPSA) is 92.0 Å². The Labute approximate surface area is 86.6 Å². The van der Waals surface area contributed by atoms with E-state index in [1.54, 1.807) is 0 Å². The van der Waals surface area contributed by atoms with Gasteiger partial charge in [-0.3, -0.25) is 4.79 Å². The summed E-state index contributed by atoms with van der Waals surface area (Å²) >= 11 is 4.00. The lowest BCUT2D eigenvalue weighted by Crippen LogP contribution is -2.32. The van der Waals surface area contributed by atoms with Gasteiger partial charge < -0.3 is 15.8 Å². The van der Waals surface area contributed by atoms with Crippen LogP contribution in [0.4, 0.5) is 0 Å². The maximum Gasteiger partial charge on any atom is 0.320 e. The van der Waals surface area contributed by atoms with E-state index in [0.717, 1.165) is 0 Å². The van der Waals surface area contributed by atoms with Crippen molar-refractivity contribution in [2.75, 3.05) is 0 Å². The predicted octanol–water partition coefficient (Wildman–Crippen LogP) is 0.0746. The number of carboxylic acid groups (broad SMARTS) is 1. The number of imidazole rings is 1. The minimum atomic E-state index is -1.03. The zero-order valence-corrected chi connectivity index (χ0v) is 8.31. The first kappa shape index (κ1) is 12.3. The first-order valence-corrected chi connectivity index (χ1v) is 3.75. The molecule has 0 bridgehead atoms. The minimum Gasteiger partial charge on any atom is -0.480 e. The molecule has 0 aliphatic rings. The van der Waals surface area contributed by atoms with Crippen LogP contribution in [-0.4, -0.2) is 27.1 Å².